The van der Waals surface area contributed by atoms with Crippen molar-refractivity contribution in [3.8, 4) is 23.6 Å². The zero-order chi connectivity index (χ0) is 13.8. The van der Waals surface area contributed by atoms with Gasteiger partial charge in [-0.3, -0.25) is 0 Å². The van der Waals surface area contributed by atoms with Gasteiger partial charge in [-0.15, -0.1) is 11.5 Å². The number of nitrogens with zero attached hydrogens (tertiary/aromatic N) is 2. The topological polar surface area (TPSA) is 67.9 Å². The largest absolute Gasteiger partial charge is 0.461 e. The number of benzene rings is 1. The molecule has 1 N–H and O–H groups in total. The molecule has 19 heavy (non-hydrogen) atoms. The van der Waals surface area contributed by atoms with E-state index < -0.39 is 11.8 Å². The zero-order valence-electron chi connectivity index (χ0n) is 10.1. The summed E-state index contributed by atoms with van der Waals surface area (Å²) in [5.74, 6) is 0.931. The summed E-state index contributed by atoms with van der Waals surface area (Å²) in [5.41, 5.74) is 0.200. The highest BCUT2D eigenvalue weighted by Crippen LogP contribution is 2.25. The van der Waals surface area contributed by atoms with Gasteiger partial charge < -0.3 is 4.74 Å². The van der Waals surface area contributed by atoms with Crippen LogP contribution in [0.4, 0.5) is 4.39 Å². The second-order valence-corrected chi connectivity index (χ2v) is 3.55. The fourth-order valence-electron chi connectivity index (χ4n) is 1.59. The van der Waals surface area contributed by atoms with Crippen LogP contribution in [0.5, 0.6) is 0 Å². The second kappa shape index (κ2) is 5.31. The molecule has 96 valence electrons. The van der Waals surface area contributed by atoms with Crippen molar-refractivity contribution in [2.24, 2.45) is 0 Å². The molecule has 0 aliphatic heterocycles. The van der Waals surface area contributed by atoms with Crippen LogP contribution in [-0.4, -0.2) is 28.0 Å². The van der Waals surface area contributed by atoms with E-state index in [0.717, 1.165) is 0 Å². The van der Waals surface area contributed by atoms with E-state index in [9.17, 15) is 9.18 Å². The number of hydrogen-bond donors (Lipinski definition) is 1. The van der Waals surface area contributed by atoms with E-state index in [4.69, 9.17) is 11.2 Å². The number of halogens is 1. The Kier molecular flexibility index (Phi) is 3.57. The first-order chi connectivity index (χ1) is 9.19. The molecular weight excluding hydrogens is 249 g/mol. The number of H-pyrrole nitrogens is 1. The number of nitrogens with one attached hydrogen (secondary N) is 1. The number of rotatable bonds is 3. The molecule has 6 heteroatoms. The maximum Gasteiger partial charge on any atom is 0.361 e. The van der Waals surface area contributed by atoms with Crippen molar-refractivity contribution in [2.45, 2.75) is 6.92 Å². The Morgan fingerprint density at radius 2 is 2.32 bits per heavy atom. The van der Waals surface area contributed by atoms with Gasteiger partial charge in [-0.1, -0.05) is 12.0 Å². The lowest BCUT2D eigenvalue weighted by molar-refractivity contribution is 0.0520. The molecule has 0 radical (unpaired) electrons. The van der Waals surface area contributed by atoms with E-state index in [-0.39, 0.29) is 29.1 Å². The Morgan fingerprint density at radius 1 is 1.53 bits per heavy atom. The van der Waals surface area contributed by atoms with Crippen LogP contribution in [0.25, 0.3) is 11.3 Å². The Balaban J connectivity index is 2.52. The first-order valence-electron chi connectivity index (χ1n) is 5.52. The number of hydrogen-bond acceptors (Lipinski definition) is 4. The van der Waals surface area contributed by atoms with Crippen LogP contribution in [-0.2, 0) is 4.74 Å². The van der Waals surface area contributed by atoms with Crippen molar-refractivity contribution in [1.29, 1.82) is 0 Å². The fraction of sp³-hybridized carbons (Fsp3) is 0.154. The first kappa shape index (κ1) is 12.8. The molecular formula is C13H10FN3O2. The predicted octanol–water partition coefficient (Wildman–Crippen LogP) is 1.77. The maximum atomic E-state index is 14.1. The number of aromatic nitrogens is 3. The average Bonchev–Trinajstić information content (AvgIpc) is 2.88. The second-order valence-electron chi connectivity index (χ2n) is 3.55. The van der Waals surface area contributed by atoms with Crippen LogP contribution in [0.15, 0.2) is 18.2 Å². The summed E-state index contributed by atoms with van der Waals surface area (Å²) < 4.78 is 18.9. The van der Waals surface area contributed by atoms with Crippen molar-refractivity contribution in [2.75, 3.05) is 6.61 Å². The quantitative estimate of drug-likeness (QED) is 0.673. The highest BCUT2D eigenvalue weighted by atomic mass is 19.1. The van der Waals surface area contributed by atoms with Crippen LogP contribution in [0.2, 0.25) is 0 Å². The molecule has 2 rings (SSSR count). The molecule has 0 unspecified atom stereocenters. The highest BCUT2D eigenvalue weighted by molar-refractivity contribution is 5.94. The van der Waals surface area contributed by atoms with E-state index in [1.54, 1.807) is 13.0 Å². The Hall–Kier alpha value is -2.68. The van der Waals surface area contributed by atoms with Gasteiger partial charge in [0, 0.05) is 5.56 Å². The number of carbonyl (C=O) groups excluding carboxylic acids is 1. The molecule has 1 aromatic carbocycles. The Morgan fingerprint density at radius 3 is 3.00 bits per heavy atom. The molecule has 0 aliphatic carbocycles. The lowest BCUT2D eigenvalue weighted by atomic mass is 10.1. The van der Waals surface area contributed by atoms with Crippen LogP contribution < -0.4 is 0 Å². The molecule has 0 atom stereocenters. The molecule has 0 aliphatic rings. The molecule has 5 nitrogen and oxygen atoms in total. The molecule has 0 saturated carbocycles. The Labute approximate surface area is 108 Å². The lowest BCUT2D eigenvalue weighted by Crippen LogP contribution is -2.07. The third kappa shape index (κ3) is 2.31. The van der Waals surface area contributed by atoms with Crippen LogP contribution >= 0.6 is 0 Å². The molecule has 0 amide bonds. The molecule has 0 fully saturated rings. The molecule has 1 aromatic heterocycles. The minimum atomic E-state index is -0.670. The van der Waals surface area contributed by atoms with Crippen molar-refractivity contribution in [3.05, 3.63) is 35.3 Å². The SMILES string of the molecule is C#Cc1cccc(-c2n[nH]nc2C(=O)OCC)c1F. The summed E-state index contributed by atoms with van der Waals surface area (Å²) in [6.07, 6.45) is 5.19. The molecule has 0 bridgehead atoms. The molecule has 1 heterocycles. The van der Waals surface area contributed by atoms with E-state index in [1.165, 1.54) is 12.1 Å². The summed E-state index contributed by atoms with van der Waals surface area (Å²) >= 11 is 0. The summed E-state index contributed by atoms with van der Waals surface area (Å²) in [6.45, 7) is 1.86. The molecule has 2 aromatic rings. The lowest BCUT2D eigenvalue weighted by Gasteiger charge is -2.03. The molecule has 0 saturated heterocycles. The van der Waals surface area contributed by atoms with Gasteiger partial charge in [0.2, 0.25) is 0 Å². The maximum absolute atomic E-state index is 14.1. The van der Waals surface area contributed by atoms with Crippen molar-refractivity contribution >= 4 is 5.97 Å². The van der Waals surface area contributed by atoms with Crippen molar-refractivity contribution in [1.82, 2.24) is 15.4 Å². The third-order valence-electron chi connectivity index (χ3n) is 2.43. The smallest absolute Gasteiger partial charge is 0.361 e. The van der Waals surface area contributed by atoms with E-state index >= 15 is 0 Å². The highest BCUT2D eigenvalue weighted by Gasteiger charge is 2.22. The van der Waals surface area contributed by atoms with Crippen LogP contribution in [0, 0.1) is 18.2 Å². The van der Waals surface area contributed by atoms with Gasteiger partial charge in [-0.2, -0.15) is 10.3 Å². The minimum absolute atomic E-state index is 0.0741. The fourth-order valence-corrected chi connectivity index (χ4v) is 1.59. The van der Waals surface area contributed by atoms with Crippen LogP contribution in [0.1, 0.15) is 23.0 Å². The summed E-state index contributed by atoms with van der Waals surface area (Å²) in [7, 11) is 0. The summed E-state index contributed by atoms with van der Waals surface area (Å²) in [6, 6.07) is 4.51. The van der Waals surface area contributed by atoms with Gasteiger partial charge in [0.15, 0.2) is 5.69 Å². The number of ether oxygens (including phenoxy) is 1. The average molecular weight is 259 g/mol. The Bertz CT molecular complexity index is 658. The van der Waals surface area contributed by atoms with Gasteiger partial charge in [0.1, 0.15) is 11.5 Å². The number of terminal acetylenes is 1. The van der Waals surface area contributed by atoms with Gasteiger partial charge in [-0.05, 0) is 19.1 Å². The first-order valence-corrected chi connectivity index (χ1v) is 5.52. The van der Waals surface area contributed by atoms with Gasteiger partial charge >= 0.3 is 5.97 Å². The summed E-state index contributed by atoms with van der Waals surface area (Å²) in [5, 5.41) is 9.74. The van der Waals surface area contributed by atoms with E-state index in [2.05, 4.69) is 21.3 Å². The van der Waals surface area contributed by atoms with Crippen molar-refractivity contribution in [3.63, 3.8) is 0 Å². The number of aromatic amines is 1. The predicted molar refractivity (Wildman–Crippen MR) is 65.7 cm³/mol. The minimum Gasteiger partial charge on any atom is -0.461 e. The monoisotopic (exact) mass is 259 g/mol. The van der Waals surface area contributed by atoms with Gasteiger partial charge in [-0.25, -0.2) is 9.18 Å². The number of esters is 1. The summed E-state index contributed by atoms with van der Waals surface area (Å²) in [4.78, 5) is 11.7. The van der Waals surface area contributed by atoms with E-state index in [1.807, 2.05) is 0 Å². The van der Waals surface area contributed by atoms with Crippen molar-refractivity contribution < 1.29 is 13.9 Å². The normalized spacial score (nSPS) is 9.95. The van der Waals surface area contributed by atoms with Gasteiger partial charge in [0.05, 0.1) is 12.2 Å². The molecule has 0 spiro atoms. The standard InChI is InChI=1S/C13H10FN3O2/c1-3-8-6-5-7-9(10(8)14)11-12(16-17-15-11)13(18)19-4-2/h1,5-7H,4H2,2H3,(H,15,16,17). The van der Waals surface area contributed by atoms with Crippen LogP contribution in [0.3, 0.4) is 0 Å². The number of carbonyl (C=O) groups is 1. The van der Waals surface area contributed by atoms with Gasteiger partial charge in [0.25, 0.3) is 0 Å². The van der Waals surface area contributed by atoms with E-state index in [0.29, 0.717) is 0 Å². The zero-order valence-corrected chi connectivity index (χ0v) is 10.1. The third-order valence-corrected chi connectivity index (χ3v) is 2.43.